The molecule has 0 aliphatic carbocycles. The number of unbranched alkanes of at least 4 members (excludes halogenated alkanes) is 6. The highest BCUT2D eigenvalue weighted by Crippen LogP contribution is 2.14. The van der Waals surface area contributed by atoms with Crippen molar-refractivity contribution in [3.63, 3.8) is 0 Å². The van der Waals surface area contributed by atoms with Gasteiger partial charge in [-0.3, -0.25) is 0 Å². The number of benzene rings is 1. The largest absolute Gasteiger partial charge is 0.462 e. The predicted octanol–water partition coefficient (Wildman–Crippen LogP) is 4.34. The topological polar surface area (TPSA) is 44.8 Å². The van der Waals surface area contributed by atoms with E-state index in [0.29, 0.717) is 25.1 Å². The average molecular weight is 320 g/mol. The van der Waals surface area contributed by atoms with Gasteiger partial charge in [-0.2, -0.15) is 0 Å². The quantitative estimate of drug-likeness (QED) is 0.449. The molecule has 0 amide bonds. The summed E-state index contributed by atoms with van der Waals surface area (Å²) < 4.78 is 15.9. The molecule has 23 heavy (non-hydrogen) atoms. The summed E-state index contributed by atoms with van der Waals surface area (Å²) in [5, 5.41) is 0. The van der Waals surface area contributed by atoms with Crippen molar-refractivity contribution < 1.29 is 19.0 Å². The van der Waals surface area contributed by atoms with Gasteiger partial charge in [-0.15, -0.1) is 0 Å². The van der Waals surface area contributed by atoms with Gasteiger partial charge < -0.3 is 14.2 Å². The van der Waals surface area contributed by atoms with Crippen LogP contribution >= 0.6 is 0 Å². The van der Waals surface area contributed by atoms with Crippen molar-refractivity contribution >= 4 is 5.97 Å². The van der Waals surface area contributed by atoms with Crippen molar-refractivity contribution in [2.24, 2.45) is 0 Å². The minimum atomic E-state index is -0.219. The zero-order valence-electron chi connectivity index (χ0n) is 13.9. The molecule has 2 rings (SSSR count). The molecule has 0 aromatic heterocycles. The first-order chi connectivity index (χ1) is 11.4. The third kappa shape index (κ3) is 7.62. The molecule has 1 aromatic rings. The summed E-state index contributed by atoms with van der Waals surface area (Å²) in [7, 11) is 0. The molecule has 1 unspecified atom stereocenters. The Balaban J connectivity index is 1.36. The third-order valence-corrected chi connectivity index (χ3v) is 4.10. The van der Waals surface area contributed by atoms with Crippen LogP contribution in [0.4, 0.5) is 0 Å². The molecule has 128 valence electrons. The van der Waals surface area contributed by atoms with Gasteiger partial charge in [0.2, 0.25) is 0 Å². The Morgan fingerprint density at radius 2 is 1.70 bits per heavy atom. The van der Waals surface area contributed by atoms with Crippen molar-refractivity contribution in [1.29, 1.82) is 0 Å². The van der Waals surface area contributed by atoms with E-state index in [2.05, 4.69) is 0 Å². The van der Waals surface area contributed by atoms with Crippen molar-refractivity contribution in [1.82, 2.24) is 0 Å². The summed E-state index contributed by atoms with van der Waals surface area (Å²) in [4.78, 5) is 11.7. The highest BCUT2D eigenvalue weighted by Gasteiger charge is 2.14. The number of carbonyl (C=O) groups is 1. The van der Waals surface area contributed by atoms with Crippen LogP contribution < -0.4 is 0 Å². The van der Waals surface area contributed by atoms with Gasteiger partial charge in [-0.25, -0.2) is 4.79 Å². The fraction of sp³-hybridized carbons (Fsp3) is 0.632. The van der Waals surface area contributed by atoms with E-state index in [9.17, 15) is 4.79 Å². The van der Waals surface area contributed by atoms with E-state index in [-0.39, 0.29) is 5.97 Å². The molecule has 1 atom stereocenters. The second kappa shape index (κ2) is 11.2. The Morgan fingerprint density at radius 1 is 1.00 bits per heavy atom. The van der Waals surface area contributed by atoms with Crippen molar-refractivity contribution in [3.8, 4) is 0 Å². The normalized spacial score (nSPS) is 17.3. The van der Waals surface area contributed by atoms with E-state index in [1.807, 2.05) is 18.2 Å². The van der Waals surface area contributed by atoms with E-state index in [0.717, 1.165) is 25.9 Å². The second-order valence-corrected chi connectivity index (χ2v) is 6.04. The molecule has 1 aliphatic rings. The molecule has 1 saturated heterocycles. The molecular formula is C19H28O4. The lowest BCUT2D eigenvalue weighted by atomic mass is 10.1. The monoisotopic (exact) mass is 320 g/mol. The molecule has 0 N–H and O–H groups in total. The number of esters is 1. The first kappa shape index (κ1) is 18.0. The smallest absolute Gasteiger partial charge is 0.338 e. The van der Waals surface area contributed by atoms with Gasteiger partial charge in [0.05, 0.1) is 24.9 Å². The van der Waals surface area contributed by atoms with Crippen molar-refractivity contribution in [3.05, 3.63) is 35.9 Å². The van der Waals surface area contributed by atoms with Gasteiger partial charge in [0.15, 0.2) is 0 Å². The van der Waals surface area contributed by atoms with Crippen molar-refractivity contribution in [2.75, 3.05) is 20.0 Å². The zero-order chi connectivity index (χ0) is 16.2. The third-order valence-electron chi connectivity index (χ3n) is 4.10. The number of ether oxygens (including phenoxy) is 3. The Bertz CT molecular complexity index is 426. The van der Waals surface area contributed by atoms with Crippen LogP contribution in [0.3, 0.4) is 0 Å². The minimum absolute atomic E-state index is 0.219. The number of hydrogen-bond donors (Lipinski definition) is 0. The van der Waals surface area contributed by atoms with Crippen LogP contribution in [-0.2, 0) is 14.2 Å². The zero-order valence-corrected chi connectivity index (χ0v) is 13.9. The first-order valence-corrected chi connectivity index (χ1v) is 8.78. The van der Waals surface area contributed by atoms with Crippen LogP contribution in [0.25, 0.3) is 0 Å². The Morgan fingerprint density at radius 3 is 2.39 bits per heavy atom. The van der Waals surface area contributed by atoms with Crippen molar-refractivity contribution in [2.45, 2.75) is 57.5 Å². The van der Waals surface area contributed by atoms with E-state index in [1.54, 1.807) is 12.1 Å². The maximum Gasteiger partial charge on any atom is 0.338 e. The number of carbonyl (C=O) groups excluding carboxylic acids is 1. The summed E-state index contributed by atoms with van der Waals surface area (Å²) in [5.41, 5.74) is 0.629. The van der Waals surface area contributed by atoms with Crippen LogP contribution in [0.2, 0.25) is 0 Å². The fourth-order valence-corrected chi connectivity index (χ4v) is 2.72. The highest BCUT2D eigenvalue weighted by atomic mass is 16.7. The van der Waals surface area contributed by atoms with E-state index in [1.165, 1.54) is 32.1 Å². The molecule has 4 heteroatoms. The van der Waals surface area contributed by atoms with E-state index < -0.39 is 0 Å². The SMILES string of the molecule is O=C(OCCCCCCCCCC1COCO1)c1ccccc1. The first-order valence-electron chi connectivity index (χ1n) is 8.78. The van der Waals surface area contributed by atoms with Gasteiger partial charge in [-0.1, -0.05) is 56.7 Å². The lowest BCUT2D eigenvalue weighted by molar-refractivity contribution is 0.0439. The minimum Gasteiger partial charge on any atom is -0.462 e. The maximum absolute atomic E-state index is 11.7. The summed E-state index contributed by atoms with van der Waals surface area (Å²) in [5.74, 6) is -0.219. The average Bonchev–Trinajstić information content (AvgIpc) is 3.10. The molecule has 0 saturated carbocycles. The van der Waals surface area contributed by atoms with Gasteiger partial charge >= 0.3 is 5.97 Å². The van der Waals surface area contributed by atoms with Gasteiger partial charge in [0.25, 0.3) is 0 Å². The van der Waals surface area contributed by atoms with Crippen LogP contribution in [-0.4, -0.2) is 32.1 Å². The van der Waals surface area contributed by atoms with Gasteiger partial charge in [-0.05, 0) is 25.0 Å². The maximum atomic E-state index is 11.7. The predicted molar refractivity (Wildman–Crippen MR) is 89.4 cm³/mol. The molecule has 1 aromatic carbocycles. The van der Waals surface area contributed by atoms with Crippen LogP contribution in [0.5, 0.6) is 0 Å². The molecule has 0 bridgehead atoms. The Hall–Kier alpha value is -1.39. The van der Waals surface area contributed by atoms with E-state index >= 15 is 0 Å². The molecular weight excluding hydrogens is 292 g/mol. The summed E-state index contributed by atoms with van der Waals surface area (Å²) in [6, 6.07) is 9.16. The Kier molecular flexibility index (Phi) is 8.74. The molecule has 1 heterocycles. The van der Waals surface area contributed by atoms with Gasteiger partial charge in [0.1, 0.15) is 6.79 Å². The number of hydrogen-bond acceptors (Lipinski definition) is 4. The molecule has 1 aliphatic heterocycles. The van der Waals surface area contributed by atoms with E-state index in [4.69, 9.17) is 14.2 Å². The summed E-state index contributed by atoms with van der Waals surface area (Å²) in [6.45, 7) is 1.76. The van der Waals surface area contributed by atoms with Gasteiger partial charge in [0, 0.05) is 0 Å². The molecule has 0 spiro atoms. The lowest BCUT2D eigenvalue weighted by Crippen LogP contribution is -2.08. The summed E-state index contributed by atoms with van der Waals surface area (Å²) in [6.07, 6.45) is 9.77. The van der Waals surface area contributed by atoms with Crippen LogP contribution in [0.15, 0.2) is 30.3 Å². The second-order valence-electron chi connectivity index (χ2n) is 6.04. The molecule has 4 nitrogen and oxygen atoms in total. The lowest BCUT2D eigenvalue weighted by Gasteiger charge is -2.07. The Labute approximate surface area is 139 Å². The number of rotatable bonds is 11. The molecule has 0 radical (unpaired) electrons. The molecule has 1 fully saturated rings. The fourth-order valence-electron chi connectivity index (χ4n) is 2.72. The highest BCUT2D eigenvalue weighted by molar-refractivity contribution is 5.89. The van der Waals surface area contributed by atoms with Crippen LogP contribution in [0.1, 0.15) is 61.7 Å². The van der Waals surface area contributed by atoms with Crippen LogP contribution in [0, 0.1) is 0 Å². The summed E-state index contributed by atoms with van der Waals surface area (Å²) >= 11 is 0. The standard InChI is InChI=1S/C19H28O4/c20-19(17-11-7-6-8-12-17)22-14-10-5-3-1-2-4-9-13-18-15-21-16-23-18/h6-8,11-12,18H,1-5,9-10,13-16H2.